The summed E-state index contributed by atoms with van der Waals surface area (Å²) >= 11 is 0. The highest BCUT2D eigenvalue weighted by Gasteiger charge is 2.37. The van der Waals surface area contributed by atoms with Crippen LogP contribution in [-0.4, -0.2) is 75.4 Å². The predicted octanol–water partition coefficient (Wildman–Crippen LogP) is -0.730. The first kappa shape index (κ1) is 19.4. The van der Waals surface area contributed by atoms with Crippen molar-refractivity contribution in [3.8, 4) is 0 Å². The van der Waals surface area contributed by atoms with Crippen molar-refractivity contribution in [3.63, 3.8) is 0 Å². The first-order chi connectivity index (χ1) is 13.4. The third-order valence-corrected chi connectivity index (χ3v) is 8.01. The highest BCUT2D eigenvalue weighted by molar-refractivity contribution is 7.91. The highest BCUT2D eigenvalue weighted by Crippen LogP contribution is 2.22. The summed E-state index contributed by atoms with van der Waals surface area (Å²) in [5.74, 6) is 0.882. The standard InChI is InChI=1S/C20H27N3O4S/c24-19-2-1-8-23(19)17-5-3-16(4-6-17)14-20(25)22-11-9-21(10-12-22)18-7-13-28(26,27)15-18/h3-6,18H,1-2,7-15H2/p+1/t18-/m1/s1. The van der Waals surface area contributed by atoms with Gasteiger partial charge in [0.25, 0.3) is 0 Å². The van der Waals surface area contributed by atoms with Crippen LogP contribution in [0.5, 0.6) is 0 Å². The number of nitrogens with one attached hydrogen (secondary N) is 1. The Morgan fingerprint density at radius 1 is 1.11 bits per heavy atom. The zero-order chi connectivity index (χ0) is 19.7. The maximum atomic E-state index is 12.6. The molecule has 1 N–H and O–H groups in total. The number of rotatable bonds is 4. The minimum atomic E-state index is -2.85. The van der Waals surface area contributed by atoms with Crippen LogP contribution in [0.1, 0.15) is 24.8 Å². The van der Waals surface area contributed by atoms with Gasteiger partial charge in [-0.15, -0.1) is 0 Å². The van der Waals surface area contributed by atoms with Crippen molar-refractivity contribution in [2.24, 2.45) is 0 Å². The second kappa shape index (κ2) is 7.83. The van der Waals surface area contributed by atoms with Crippen LogP contribution < -0.4 is 9.80 Å². The van der Waals surface area contributed by atoms with Gasteiger partial charge in [0.15, 0.2) is 9.84 Å². The number of nitrogens with zero attached hydrogens (tertiary/aromatic N) is 2. The molecule has 3 aliphatic heterocycles. The molecule has 3 fully saturated rings. The molecule has 4 rings (SSSR count). The van der Waals surface area contributed by atoms with E-state index in [-0.39, 0.29) is 17.9 Å². The fourth-order valence-electron chi connectivity index (χ4n) is 4.57. The molecule has 3 heterocycles. The van der Waals surface area contributed by atoms with Gasteiger partial charge in [-0.25, -0.2) is 8.42 Å². The number of carbonyl (C=O) groups is 2. The van der Waals surface area contributed by atoms with Gasteiger partial charge in [-0.05, 0) is 24.1 Å². The second-order valence-corrected chi connectivity index (χ2v) is 10.4. The topological polar surface area (TPSA) is 79.2 Å². The highest BCUT2D eigenvalue weighted by atomic mass is 32.2. The molecule has 1 aromatic rings. The van der Waals surface area contributed by atoms with Crippen LogP contribution in [0.25, 0.3) is 0 Å². The lowest BCUT2D eigenvalue weighted by Gasteiger charge is -2.35. The van der Waals surface area contributed by atoms with Crippen molar-refractivity contribution in [1.29, 1.82) is 0 Å². The smallest absolute Gasteiger partial charge is 0.227 e. The Bertz CT molecular complexity index is 845. The lowest BCUT2D eigenvalue weighted by Crippen LogP contribution is -3.18. The molecule has 0 radical (unpaired) electrons. The molecule has 152 valence electrons. The average molecular weight is 407 g/mol. The number of amides is 2. The van der Waals surface area contributed by atoms with Gasteiger partial charge in [-0.3, -0.25) is 9.59 Å². The van der Waals surface area contributed by atoms with E-state index in [0.717, 1.165) is 43.7 Å². The molecular formula is C20H28N3O4S+. The molecule has 0 saturated carbocycles. The van der Waals surface area contributed by atoms with Crippen LogP contribution >= 0.6 is 0 Å². The lowest BCUT2D eigenvalue weighted by molar-refractivity contribution is -0.925. The zero-order valence-electron chi connectivity index (χ0n) is 16.1. The monoisotopic (exact) mass is 406 g/mol. The van der Waals surface area contributed by atoms with Gasteiger partial charge in [-0.1, -0.05) is 12.1 Å². The number of quaternary nitrogens is 1. The van der Waals surface area contributed by atoms with E-state index in [1.807, 2.05) is 29.2 Å². The van der Waals surface area contributed by atoms with Crippen molar-refractivity contribution in [3.05, 3.63) is 29.8 Å². The van der Waals surface area contributed by atoms with Gasteiger partial charge < -0.3 is 14.7 Å². The van der Waals surface area contributed by atoms with Gasteiger partial charge in [0.2, 0.25) is 11.8 Å². The third kappa shape index (κ3) is 4.22. The van der Waals surface area contributed by atoms with E-state index in [4.69, 9.17) is 0 Å². The molecule has 3 saturated heterocycles. The molecule has 1 aromatic carbocycles. The summed E-state index contributed by atoms with van der Waals surface area (Å²) in [4.78, 5) is 29.5. The van der Waals surface area contributed by atoms with Crippen LogP contribution in [0.2, 0.25) is 0 Å². The Morgan fingerprint density at radius 3 is 2.39 bits per heavy atom. The molecule has 0 aliphatic carbocycles. The Kier molecular flexibility index (Phi) is 5.42. The molecule has 3 aliphatic rings. The summed E-state index contributed by atoms with van der Waals surface area (Å²) in [6.45, 7) is 3.78. The number of anilines is 1. The Hall–Kier alpha value is -1.93. The molecule has 2 amide bonds. The average Bonchev–Trinajstić information content (AvgIpc) is 3.27. The number of piperazine rings is 1. The number of sulfone groups is 1. The Morgan fingerprint density at radius 2 is 1.82 bits per heavy atom. The zero-order valence-corrected chi connectivity index (χ0v) is 16.9. The summed E-state index contributed by atoms with van der Waals surface area (Å²) in [6, 6.07) is 7.92. The van der Waals surface area contributed by atoms with E-state index in [0.29, 0.717) is 37.4 Å². The second-order valence-electron chi connectivity index (χ2n) is 8.13. The number of carbonyl (C=O) groups excluding carboxylic acids is 2. The summed E-state index contributed by atoms with van der Waals surface area (Å²) in [5.41, 5.74) is 1.86. The van der Waals surface area contributed by atoms with Crippen molar-refractivity contribution in [1.82, 2.24) is 4.90 Å². The van der Waals surface area contributed by atoms with Gasteiger partial charge in [0.1, 0.15) is 11.8 Å². The van der Waals surface area contributed by atoms with E-state index in [9.17, 15) is 18.0 Å². The summed E-state index contributed by atoms with van der Waals surface area (Å²) in [6.07, 6.45) is 2.62. The molecule has 8 heteroatoms. The van der Waals surface area contributed by atoms with Gasteiger partial charge >= 0.3 is 0 Å². The number of hydrogen-bond donors (Lipinski definition) is 1. The summed E-state index contributed by atoms with van der Waals surface area (Å²) in [5, 5.41) is 0. The van der Waals surface area contributed by atoms with Gasteiger partial charge in [-0.2, -0.15) is 0 Å². The molecular weight excluding hydrogens is 378 g/mol. The summed E-state index contributed by atoms with van der Waals surface area (Å²) < 4.78 is 23.4. The first-order valence-electron chi connectivity index (χ1n) is 10.1. The van der Waals surface area contributed by atoms with Crippen LogP contribution in [0.15, 0.2) is 24.3 Å². The Labute approximate surface area is 166 Å². The van der Waals surface area contributed by atoms with Crippen LogP contribution in [-0.2, 0) is 25.8 Å². The maximum absolute atomic E-state index is 12.6. The normalized spacial score (nSPS) is 25.4. The predicted molar refractivity (Wildman–Crippen MR) is 106 cm³/mol. The molecule has 7 nitrogen and oxygen atoms in total. The van der Waals surface area contributed by atoms with Gasteiger partial charge in [0.05, 0.1) is 38.4 Å². The molecule has 1 atom stereocenters. The maximum Gasteiger partial charge on any atom is 0.227 e. The number of benzene rings is 1. The largest absolute Gasteiger partial charge is 0.331 e. The Balaban J connectivity index is 1.28. The van der Waals surface area contributed by atoms with E-state index in [1.165, 1.54) is 4.90 Å². The fourth-order valence-corrected chi connectivity index (χ4v) is 6.40. The molecule has 28 heavy (non-hydrogen) atoms. The third-order valence-electron chi connectivity index (χ3n) is 6.24. The first-order valence-corrected chi connectivity index (χ1v) is 12.0. The summed E-state index contributed by atoms with van der Waals surface area (Å²) in [7, 11) is -2.85. The van der Waals surface area contributed by atoms with Crippen molar-refractivity contribution in [2.45, 2.75) is 31.7 Å². The molecule has 0 spiro atoms. The van der Waals surface area contributed by atoms with Crippen molar-refractivity contribution < 1.29 is 22.9 Å². The van der Waals surface area contributed by atoms with Crippen molar-refractivity contribution in [2.75, 3.05) is 49.1 Å². The fraction of sp³-hybridized carbons (Fsp3) is 0.600. The minimum absolute atomic E-state index is 0.114. The van der Waals surface area contributed by atoms with Crippen LogP contribution in [0, 0.1) is 0 Å². The van der Waals surface area contributed by atoms with Crippen molar-refractivity contribution >= 4 is 27.3 Å². The van der Waals surface area contributed by atoms with E-state index < -0.39 is 9.84 Å². The van der Waals surface area contributed by atoms with Crippen LogP contribution in [0.4, 0.5) is 5.69 Å². The molecule has 0 unspecified atom stereocenters. The minimum Gasteiger partial charge on any atom is -0.331 e. The van der Waals surface area contributed by atoms with Crippen LogP contribution in [0.3, 0.4) is 0 Å². The van der Waals surface area contributed by atoms with Gasteiger partial charge in [0, 0.05) is 25.1 Å². The molecule has 0 aromatic heterocycles. The van der Waals surface area contributed by atoms with E-state index in [1.54, 1.807) is 4.90 Å². The van der Waals surface area contributed by atoms with E-state index in [2.05, 4.69) is 0 Å². The lowest BCUT2D eigenvalue weighted by atomic mass is 10.1. The molecule has 0 bridgehead atoms. The number of hydrogen-bond acceptors (Lipinski definition) is 4. The van der Waals surface area contributed by atoms with E-state index >= 15 is 0 Å². The quantitative estimate of drug-likeness (QED) is 0.715. The SMILES string of the molecule is O=C(Cc1ccc(N2CCCC2=O)cc1)N1CC[NH+]([C@@H]2CCS(=O)(=O)C2)CC1.